The first-order valence-corrected chi connectivity index (χ1v) is 9.29. The predicted molar refractivity (Wildman–Crippen MR) is 96.7 cm³/mol. The molecule has 136 valence electrons. The standard InChI is InChI=1S/C20H28N2O3/c1-13(2)15-5-7-16(8-6-15)20(25)21-17-9-18(10-17)22(12-19(23)24)11-14-3-4-14/h5-8,13-14,17-18H,3-4,9-12H2,1-2H3,(H,21,25)(H,23,24). The van der Waals surface area contributed by atoms with Crippen molar-refractivity contribution in [1.29, 1.82) is 0 Å². The van der Waals surface area contributed by atoms with Crippen molar-refractivity contribution in [2.24, 2.45) is 5.92 Å². The number of hydrogen-bond donors (Lipinski definition) is 2. The molecule has 0 unspecified atom stereocenters. The number of rotatable bonds is 8. The van der Waals surface area contributed by atoms with E-state index in [2.05, 4.69) is 24.1 Å². The molecule has 2 fully saturated rings. The molecule has 0 heterocycles. The van der Waals surface area contributed by atoms with Gasteiger partial charge in [-0.15, -0.1) is 0 Å². The second-order valence-electron chi connectivity index (χ2n) is 7.84. The van der Waals surface area contributed by atoms with Gasteiger partial charge in [-0.1, -0.05) is 26.0 Å². The maximum Gasteiger partial charge on any atom is 0.317 e. The molecule has 0 saturated heterocycles. The van der Waals surface area contributed by atoms with E-state index in [0.29, 0.717) is 17.4 Å². The van der Waals surface area contributed by atoms with Crippen molar-refractivity contribution in [2.75, 3.05) is 13.1 Å². The van der Waals surface area contributed by atoms with E-state index in [1.54, 1.807) is 0 Å². The predicted octanol–water partition coefficient (Wildman–Crippen LogP) is 2.87. The second kappa shape index (κ2) is 7.56. The lowest BCUT2D eigenvalue weighted by Crippen LogP contribution is -2.55. The average molecular weight is 344 g/mol. The molecule has 2 aliphatic rings. The zero-order chi connectivity index (χ0) is 18.0. The van der Waals surface area contributed by atoms with Gasteiger partial charge in [-0.3, -0.25) is 14.5 Å². The number of nitrogens with one attached hydrogen (secondary N) is 1. The number of amides is 1. The van der Waals surface area contributed by atoms with Gasteiger partial charge in [0.15, 0.2) is 0 Å². The number of hydrogen-bond acceptors (Lipinski definition) is 3. The fourth-order valence-corrected chi connectivity index (χ4v) is 3.44. The van der Waals surface area contributed by atoms with Crippen LogP contribution < -0.4 is 5.32 Å². The van der Waals surface area contributed by atoms with Crippen LogP contribution in [0.15, 0.2) is 24.3 Å². The fourth-order valence-electron chi connectivity index (χ4n) is 3.44. The molecule has 1 aromatic rings. The third kappa shape index (κ3) is 4.82. The van der Waals surface area contributed by atoms with Crippen LogP contribution in [0, 0.1) is 5.92 Å². The van der Waals surface area contributed by atoms with Crippen LogP contribution in [0.5, 0.6) is 0 Å². The molecular weight excluding hydrogens is 316 g/mol. The van der Waals surface area contributed by atoms with Gasteiger partial charge in [-0.2, -0.15) is 0 Å². The Morgan fingerprint density at radius 2 is 1.84 bits per heavy atom. The summed E-state index contributed by atoms with van der Waals surface area (Å²) in [7, 11) is 0. The quantitative estimate of drug-likeness (QED) is 0.761. The van der Waals surface area contributed by atoms with Crippen molar-refractivity contribution in [2.45, 2.75) is 57.5 Å². The average Bonchev–Trinajstić information content (AvgIpc) is 3.33. The highest BCUT2D eigenvalue weighted by Crippen LogP contribution is 2.33. The van der Waals surface area contributed by atoms with Crippen LogP contribution >= 0.6 is 0 Å². The number of carbonyl (C=O) groups is 2. The van der Waals surface area contributed by atoms with Gasteiger partial charge in [-0.25, -0.2) is 0 Å². The summed E-state index contributed by atoms with van der Waals surface area (Å²) in [5.41, 5.74) is 1.91. The van der Waals surface area contributed by atoms with Crippen molar-refractivity contribution in [3.8, 4) is 0 Å². The molecule has 2 aliphatic carbocycles. The first kappa shape index (κ1) is 17.9. The van der Waals surface area contributed by atoms with Crippen LogP contribution in [-0.2, 0) is 4.79 Å². The highest BCUT2D eigenvalue weighted by Gasteiger charge is 2.37. The Morgan fingerprint density at radius 3 is 2.36 bits per heavy atom. The first-order valence-electron chi connectivity index (χ1n) is 9.29. The summed E-state index contributed by atoms with van der Waals surface area (Å²) >= 11 is 0. The van der Waals surface area contributed by atoms with Crippen LogP contribution in [0.25, 0.3) is 0 Å². The summed E-state index contributed by atoms with van der Waals surface area (Å²) in [6.07, 6.45) is 4.12. The lowest BCUT2D eigenvalue weighted by Gasteiger charge is -2.42. The minimum absolute atomic E-state index is 0.0364. The van der Waals surface area contributed by atoms with Crippen molar-refractivity contribution in [3.63, 3.8) is 0 Å². The minimum atomic E-state index is -0.765. The number of carbonyl (C=O) groups excluding carboxylic acids is 1. The second-order valence-corrected chi connectivity index (χ2v) is 7.84. The van der Waals surface area contributed by atoms with E-state index < -0.39 is 5.97 Å². The summed E-state index contributed by atoms with van der Waals surface area (Å²) in [5, 5.41) is 12.2. The molecule has 5 heteroatoms. The molecule has 25 heavy (non-hydrogen) atoms. The maximum absolute atomic E-state index is 12.4. The highest BCUT2D eigenvalue weighted by atomic mass is 16.4. The molecule has 3 rings (SSSR count). The van der Waals surface area contributed by atoms with E-state index in [1.165, 1.54) is 18.4 Å². The number of nitrogens with zero attached hydrogens (tertiary/aromatic N) is 1. The Bertz CT molecular complexity index is 616. The smallest absolute Gasteiger partial charge is 0.317 e. The van der Waals surface area contributed by atoms with Crippen molar-refractivity contribution >= 4 is 11.9 Å². The third-order valence-corrected chi connectivity index (χ3v) is 5.33. The van der Waals surface area contributed by atoms with Gasteiger partial charge in [0.1, 0.15) is 0 Å². The SMILES string of the molecule is CC(C)c1ccc(C(=O)NC2CC(N(CC(=O)O)CC3CC3)C2)cc1. The number of carboxylic acids is 1. The summed E-state index contributed by atoms with van der Waals surface area (Å²) in [6.45, 7) is 5.26. The summed E-state index contributed by atoms with van der Waals surface area (Å²) < 4.78 is 0. The Morgan fingerprint density at radius 1 is 1.20 bits per heavy atom. The van der Waals surface area contributed by atoms with Gasteiger partial charge in [-0.05, 0) is 55.2 Å². The molecule has 5 nitrogen and oxygen atoms in total. The van der Waals surface area contributed by atoms with E-state index in [1.807, 2.05) is 24.3 Å². The molecular formula is C20H28N2O3. The van der Waals surface area contributed by atoms with Gasteiger partial charge < -0.3 is 10.4 Å². The van der Waals surface area contributed by atoms with Crippen LogP contribution in [0.4, 0.5) is 0 Å². The Labute approximate surface area is 149 Å². The maximum atomic E-state index is 12.4. The Kier molecular flexibility index (Phi) is 5.42. The lowest BCUT2D eigenvalue weighted by atomic mass is 9.85. The number of benzene rings is 1. The van der Waals surface area contributed by atoms with Crippen molar-refractivity contribution in [3.05, 3.63) is 35.4 Å². The van der Waals surface area contributed by atoms with Crippen LogP contribution in [-0.4, -0.2) is 47.1 Å². The zero-order valence-corrected chi connectivity index (χ0v) is 15.1. The lowest BCUT2D eigenvalue weighted by molar-refractivity contribution is -0.139. The molecule has 0 bridgehead atoms. The van der Waals surface area contributed by atoms with Crippen molar-refractivity contribution in [1.82, 2.24) is 10.2 Å². The van der Waals surface area contributed by atoms with E-state index >= 15 is 0 Å². The van der Waals surface area contributed by atoms with Crippen molar-refractivity contribution < 1.29 is 14.7 Å². The summed E-state index contributed by atoms with van der Waals surface area (Å²) in [4.78, 5) is 25.5. The van der Waals surface area contributed by atoms with E-state index in [4.69, 9.17) is 5.11 Å². The van der Waals surface area contributed by atoms with Gasteiger partial charge in [0.25, 0.3) is 5.91 Å². The van der Waals surface area contributed by atoms with E-state index in [-0.39, 0.29) is 24.5 Å². The monoisotopic (exact) mass is 344 g/mol. The van der Waals surface area contributed by atoms with Gasteiger partial charge >= 0.3 is 5.97 Å². The van der Waals surface area contributed by atoms with E-state index in [0.717, 1.165) is 19.4 Å². The Hall–Kier alpha value is -1.88. The van der Waals surface area contributed by atoms with Gasteiger partial charge in [0, 0.05) is 24.2 Å². The molecule has 1 aromatic carbocycles. The molecule has 1 amide bonds. The molecule has 0 aliphatic heterocycles. The fraction of sp³-hybridized carbons (Fsp3) is 0.600. The molecule has 2 saturated carbocycles. The van der Waals surface area contributed by atoms with Crippen LogP contribution in [0.1, 0.15) is 61.4 Å². The largest absolute Gasteiger partial charge is 0.480 e. The highest BCUT2D eigenvalue weighted by molar-refractivity contribution is 5.94. The molecule has 0 spiro atoms. The first-order chi connectivity index (χ1) is 11.9. The molecule has 0 radical (unpaired) electrons. The van der Waals surface area contributed by atoms with Gasteiger partial charge in [0.05, 0.1) is 6.54 Å². The summed E-state index contributed by atoms with van der Waals surface area (Å²) in [6, 6.07) is 8.21. The van der Waals surface area contributed by atoms with E-state index in [9.17, 15) is 9.59 Å². The van der Waals surface area contributed by atoms with Crippen LogP contribution in [0.3, 0.4) is 0 Å². The van der Waals surface area contributed by atoms with Crippen LogP contribution in [0.2, 0.25) is 0 Å². The Balaban J connectivity index is 1.48. The number of aliphatic carboxylic acids is 1. The number of carboxylic acid groups (broad SMARTS) is 1. The normalized spacial score (nSPS) is 22.7. The summed E-state index contributed by atoms with van der Waals surface area (Å²) in [5.74, 6) is 0.327. The zero-order valence-electron chi connectivity index (χ0n) is 15.1. The molecule has 0 atom stereocenters. The topological polar surface area (TPSA) is 69.6 Å². The minimum Gasteiger partial charge on any atom is -0.480 e. The van der Waals surface area contributed by atoms with Gasteiger partial charge in [0.2, 0.25) is 0 Å². The molecule has 2 N–H and O–H groups in total. The molecule has 0 aromatic heterocycles. The third-order valence-electron chi connectivity index (χ3n) is 5.33.